The van der Waals surface area contributed by atoms with Gasteiger partial charge in [-0.25, -0.2) is 4.98 Å². The van der Waals surface area contributed by atoms with Gasteiger partial charge in [0.25, 0.3) is 0 Å². The van der Waals surface area contributed by atoms with Gasteiger partial charge in [0, 0.05) is 11.3 Å². The quantitative estimate of drug-likeness (QED) is 0.184. The van der Waals surface area contributed by atoms with Crippen molar-refractivity contribution in [2.24, 2.45) is 0 Å². The van der Waals surface area contributed by atoms with Gasteiger partial charge in [0.15, 0.2) is 0 Å². The van der Waals surface area contributed by atoms with Gasteiger partial charge < -0.3 is 0 Å². The first-order valence-corrected chi connectivity index (χ1v) is 18.0. The van der Waals surface area contributed by atoms with E-state index in [2.05, 4.69) is 199 Å². The van der Waals surface area contributed by atoms with E-state index in [9.17, 15) is 0 Å². The van der Waals surface area contributed by atoms with Crippen LogP contribution >= 0.6 is 0 Å². The van der Waals surface area contributed by atoms with Crippen molar-refractivity contribution < 1.29 is 0 Å². The van der Waals surface area contributed by atoms with Crippen LogP contribution in [0, 0.1) is 0 Å². The molecule has 0 radical (unpaired) electrons. The Bertz CT molecular complexity index is 2760. The van der Waals surface area contributed by atoms with Gasteiger partial charge in [-0.15, -0.1) is 0 Å². The third kappa shape index (κ3) is 4.03. The fourth-order valence-corrected chi connectivity index (χ4v) is 9.00. The van der Waals surface area contributed by atoms with Crippen molar-refractivity contribution in [3.8, 4) is 61.6 Å². The smallest absolute Gasteiger partial charge is 0.145 e. The second kappa shape index (κ2) is 11.1. The van der Waals surface area contributed by atoms with Crippen molar-refractivity contribution in [1.82, 2.24) is 9.55 Å². The minimum Gasteiger partial charge on any atom is -0.292 e. The number of imidazole rings is 1. The molecular weight excluding hydrogens is 629 g/mol. The van der Waals surface area contributed by atoms with Crippen molar-refractivity contribution in [3.05, 3.63) is 216 Å². The van der Waals surface area contributed by atoms with Crippen LogP contribution in [-0.2, 0) is 5.41 Å². The standard InChI is InChI=1S/C50H32N2/c1-2-12-33(13-3-1)34-22-24-36(25-23-34)49-51-47-20-10-11-21-48(47)52(49)38-29-26-35(27-30-38)37-28-31-42-41-16-6-9-19-45(41)50(46(42)32-37)43-17-7-4-14-39(43)40-15-5-8-18-44(40)50/h1-32H. The third-order valence-corrected chi connectivity index (χ3v) is 11.3. The zero-order valence-corrected chi connectivity index (χ0v) is 28.4. The first kappa shape index (κ1) is 29.0. The van der Waals surface area contributed by atoms with Crippen LogP contribution in [0.25, 0.3) is 72.6 Å². The lowest BCUT2D eigenvalue weighted by atomic mass is 9.70. The number of fused-ring (bicyclic) bond motifs is 11. The molecule has 0 bridgehead atoms. The van der Waals surface area contributed by atoms with E-state index in [4.69, 9.17) is 4.98 Å². The molecule has 0 amide bonds. The Kier molecular flexibility index (Phi) is 6.20. The highest BCUT2D eigenvalue weighted by Crippen LogP contribution is 2.63. The van der Waals surface area contributed by atoms with Gasteiger partial charge in [-0.1, -0.05) is 164 Å². The van der Waals surface area contributed by atoms with Crippen molar-refractivity contribution in [3.63, 3.8) is 0 Å². The number of benzene rings is 8. The van der Waals surface area contributed by atoms with Gasteiger partial charge in [0.1, 0.15) is 5.82 Å². The van der Waals surface area contributed by atoms with Crippen molar-refractivity contribution in [1.29, 1.82) is 0 Å². The van der Waals surface area contributed by atoms with Crippen LogP contribution in [0.1, 0.15) is 22.3 Å². The molecule has 0 saturated carbocycles. The van der Waals surface area contributed by atoms with Crippen LogP contribution in [0.4, 0.5) is 0 Å². The van der Waals surface area contributed by atoms with Crippen molar-refractivity contribution >= 4 is 11.0 Å². The molecule has 2 heteroatoms. The van der Waals surface area contributed by atoms with Crippen LogP contribution in [0.2, 0.25) is 0 Å². The summed E-state index contributed by atoms with van der Waals surface area (Å²) in [5.74, 6) is 0.935. The Morgan fingerprint density at radius 3 is 1.46 bits per heavy atom. The van der Waals surface area contributed by atoms with Crippen LogP contribution in [0.5, 0.6) is 0 Å². The lowest BCUT2D eigenvalue weighted by Crippen LogP contribution is -2.25. The van der Waals surface area contributed by atoms with Crippen LogP contribution in [0.3, 0.4) is 0 Å². The normalized spacial score (nSPS) is 13.2. The van der Waals surface area contributed by atoms with Crippen molar-refractivity contribution in [2.75, 3.05) is 0 Å². The van der Waals surface area contributed by atoms with Gasteiger partial charge in [-0.3, -0.25) is 4.57 Å². The molecule has 0 aliphatic heterocycles. The largest absolute Gasteiger partial charge is 0.292 e. The van der Waals surface area contributed by atoms with E-state index in [1.165, 1.54) is 66.8 Å². The molecule has 1 heterocycles. The highest BCUT2D eigenvalue weighted by Gasteiger charge is 2.51. The number of hydrogen-bond acceptors (Lipinski definition) is 1. The van der Waals surface area contributed by atoms with Gasteiger partial charge in [-0.2, -0.15) is 0 Å². The summed E-state index contributed by atoms with van der Waals surface area (Å²) < 4.78 is 2.29. The molecule has 0 fully saturated rings. The monoisotopic (exact) mass is 660 g/mol. The number of para-hydroxylation sites is 2. The van der Waals surface area contributed by atoms with Crippen LogP contribution in [0.15, 0.2) is 194 Å². The molecule has 2 nitrogen and oxygen atoms in total. The first-order valence-electron chi connectivity index (χ1n) is 18.0. The van der Waals surface area contributed by atoms with Crippen LogP contribution in [-0.4, -0.2) is 9.55 Å². The molecule has 52 heavy (non-hydrogen) atoms. The number of rotatable bonds is 4. The molecule has 0 atom stereocenters. The van der Waals surface area contributed by atoms with Gasteiger partial charge >= 0.3 is 0 Å². The molecule has 2 aliphatic rings. The van der Waals surface area contributed by atoms with E-state index in [0.29, 0.717) is 0 Å². The number of aromatic nitrogens is 2. The summed E-state index contributed by atoms with van der Waals surface area (Å²) in [5.41, 5.74) is 19.4. The summed E-state index contributed by atoms with van der Waals surface area (Å²) in [6.45, 7) is 0. The highest BCUT2D eigenvalue weighted by atomic mass is 15.1. The maximum atomic E-state index is 5.14. The van der Waals surface area contributed by atoms with Gasteiger partial charge in [-0.05, 0) is 97.1 Å². The van der Waals surface area contributed by atoms with E-state index in [0.717, 1.165) is 28.1 Å². The lowest BCUT2D eigenvalue weighted by molar-refractivity contribution is 0.794. The lowest BCUT2D eigenvalue weighted by Gasteiger charge is -2.30. The second-order valence-corrected chi connectivity index (χ2v) is 13.9. The average molecular weight is 661 g/mol. The molecular formula is C50H32N2. The Labute approximate surface area is 303 Å². The molecule has 242 valence electrons. The Balaban J connectivity index is 1.03. The summed E-state index contributed by atoms with van der Waals surface area (Å²) in [6.07, 6.45) is 0. The highest BCUT2D eigenvalue weighted by molar-refractivity contribution is 5.96. The Morgan fingerprint density at radius 2 is 0.808 bits per heavy atom. The van der Waals surface area contributed by atoms with E-state index in [1.54, 1.807) is 0 Å². The zero-order valence-electron chi connectivity index (χ0n) is 28.4. The molecule has 0 saturated heterocycles. The predicted molar refractivity (Wildman–Crippen MR) is 214 cm³/mol. The van der Waals surface area contributed by atoms with Crippen LogP contribution < -0.4 is 0 Å². The minimum absolute atomic E-state index is 0.351. The molecule has 0 unspecified atom stereocenters. The summed E-state index contributed by atoms with van der Waals surface area (Å²) >= 11 is 0. The number of hydrogen-bond donors (Lipinski definition) is 0. The summed E-state index contributed by atoms with van der Waals surface area (Å²) in [7, 11) is 0. The first-order chi connectivity index (χ1) is 25.8. The molecule has 2 aliphatic carbocycles. The molecule has 0 N–H and O–H groups in total. The fourth-order valence-electron chi connectivity index (χ4n) is 9.00. The topological polar surface area (TPSA) is 17.8 Å². The Hall–Kier alpha value is -6.77. The summed E-state index contributed by atoms with van der Waals surface area (Å²) in [6, 6.07) is 70.8. The number of nitrogens with zero attached hydrogens (tertiary/aromatic N) is 2. The molecule has 1 spiro atoms. The predicted octanol–water partition coefficient (Wildman–Crippen LogP) is 12.4. The molecule has 8 aromatic carbocycles. The maximum Gasteiger partial charge on any atom is 0.145 e. The maximum absolute atomic E-state index is 5.14. The van der Waals surface area contributed by atoms with E-state index in [1.807, 2.05) is 0 Å². The molecule has 11 rings (SSSR count). The zero-order chi connectivity index (χ0) is 34.2. The third-order valence-electron chi connectivity index (χ3n) is 11.3. The average Bonchev–Trinajstić information content (AvgIpc) is 3.86. The second-order valence-electron chi connectivity index (χ2n) is 13.9. The van der Waals surface area contributed by atoms with E-state index in [-0.39, 0.29) is 5.41 Å². The molecule has 9 aromatic rings. The summed E-state index contributed by atoms with van der Waals surface area (Å²) in [5, 5.41) is 0. The fraction of sp³-hybridized carbons (Fsp3) is 0.0200. The van der Waals surface area contributed by atoms with Gasteiger partial charge in [0.05, 0.1) is 16.4 Å². The minimum atomic E-state index is -0.351. The Morgan fingerprint density at radius 1 is 0.346 bits per heavy atom. The summed E-state index contributed by atoms with van der Waals surface area (Å²) in [4.78, 5) is 5.14. The molecule has 1 aromatic heterocycles. The van der Waals surface area contributed by atoms with E-state index >= 15 is 0 Å². The van der Waals surface area contributed by atoms with Gasteiger partial charge in [0.2, 0.25) is 0 Å². The van der Waals surface area contributed by atoms with Crippen molar-refractivity contribution in [2.45, 2.75) is 5.41 Å². The SMILES string of the molecule is c1ccc(-c2ccc(-c3nc4ccccc4n3-c3ccc(-c4ccc5c(c4)C4(c6ccccc6-c6ccccc64)c4ccccc4-5)cc3)cc2)cc1. The van der Waals surface area contributed by atoms with E-state index < -0.39 is 0 Å².